The molecule has 1 aromatic heterocycles. The van der Waals surface area contributed by atoms with Crippen LogP contribution in [0.1, 0.15) is 23.4 Å². The van der Waals surface area contributed by atoms with Gasteiger partial charge in [-0.05, 0) is 6.92 Å². The molecule has 0 unspecified atom stereocenters. The van der Waals surface area contributed by atoms with Crippen molar-refractivity contribution in [3.63, 3.8) is 0 Å². The maximum atomic E-state index is 11.3. The summed E-state index contributed by atoms with van der Waals surface area (Å²) in [6, 6.07) is 0. The maximum Gasteiger partial charge on any atom is 0.311 e. The summed E-state index contributed by atoms with van der Waals surface area (Å²) < 4.78 is 15.0. The molecule has 0 saturated heterocycles. The first-order valence-corrected chi connectivity index (χ1v) is 5.55. The molecule has 0 aliphatic carbocycles. The number of methoxy groups -OCH3 is 1. The van der Waals surface area contributed by atoms with Gasteiger partial charge in [0.1, 0.15) is 23.5 Å². The largest absolute Gasteiger partial charge is 0.469 e. The van der Waals surface area contributed by atoms with Gasteiger partial charge >= 0.3 is 5.97 Å². The molecular formula is C11H11ClN2O4. The zero-order valence-electron chi connectivity index (χ0n) is 9.84. The van der Waals surface area contributed by atoms with Crippen molar-refractivity contribution in [2.24, 2.45) is 0 Å². The third-order valence-corrected chi connectivity index (χ3v) is 2.61. The summed E-state index contributed by atoms with van der Waals surface area (Å²) >= 11 is 6.05. The molecule has 1 aromatic rings. The molecule has 0 atom stereocenters. The standard InChI is InChI=1S/C11H11ClN2O4/c1-6-13-7(5-8(15)16-2)9(10(12)14-6)11-17-3-4-18-11/h3-4,11H,5H2,1-2H3. The van der Waals surface area contributed by atoms with Gasteiger partial charge in [-0.15, -0.1) is 0 Å². The fourth-order valence-corrected chi connectivity index (χ4v) is 1.87. The Morgan fingerprint density at radius 1 is 1.44 bits per heavy atom. The van der Waals surface area contributed by atoms with Gasteiger partial charge in [0.05, 0.1) is 24.8 Å². The van der Waals surface area contributed by atoms with E-state index in [9.17, 15) is 4.79 Å². The summed E-state index contributed by atoms with van der Waals surface area (Å²) in [6.07, 6.45) is 2.04. The van der Waals surface area contributed by atoms with Crippen LogP contribution in [0.15, 0.2) is 12.5 Å². The SMILES string of the molecule is COC(=O)Cc1nc(C)nc(Cl)c1C1OC=CO1. The summed E-state index contributed by atoms with van der Waals surface area (Å²) in [5.41, 5.74) is 0.880. The lowest BCUT2D eigenvalue weighted by atomic mass is 10.1. The first-order valence-electron chi connectivity index (χ1n) is 5.17. The molecule has 0 spiro atoms. The Morgan fingerprint density at radius 2 is 2.11 bits per heavy atom. The van der Waals surface area contributed by atoms with Crippen LogP contribution in [-0.2, 0) is 25.4 Å². The summed E-state index contributed by atoms with van der Waals surface area (Å²) in [7, 11) is 1.31. The van der Waals surface area contributed by atoms with Crippen LogP contribution >= 0.6 is 11.6 Å². The minimum Gasteiger partial charge on any atom is -0.469 e. The van der Waals surface area contributed by atoms with E-state index in [0.717, 1.165) is 0 Å². The molecule has 0 fully saturated rings. The molecule has 1 aliphatic heterocycles. The summed E-state index contributed by atoms with van der Waals surface area (Å²) in [4.78, 5) is 19.6. The summed E-state index contributed by atoms with van der Waals surface area (Å²) in [5.74, 6) is 0.0463. The van der Waals surface area contributed by atoms with E-state index in [-0.39, 0.29) is 11.6 Å². The number of nitrogens with zero attached hydrogens (tertiary/aromatic N) is 2. The molecule has 0 radical (unpaired) electrons. The van der Waals surface area contributed by atoms with Gasteiger partial charge in [-0.25, -0.2) is 9.97 Å². The van der Waals surface area contributed by atoms with Crippen molar-refractivity contribution >= 4 is 17.6 Å². The van der Waals surface area contributed by atoms with Gasteiger partial charge in [0.25, 0.3) is 6.29 Å². The number of carbonyl (C=O) groups excluding carboxylic acids is 1. The van der Waals surface area contributed by atoms with Gasteiger partial charge in [-0.3, -0.25) is 4.79 Å². The highest BCUT2D eigenvalue weighted by Gasteiger charge is 2.26. The van der Waals surface area contributed by atoms with Crippen LogP contribution in [0.4, 0.5) is 0 Å². The average Bonchev–Trinajstić information content (AvgIpc) is 2.81. The maximum absolute atomic E-state index is 11.3. The molecule has 2 rings (SSSR count). The van der Waals surface area contributed by atoms with Crippen molar-refractivity contribution in [1.82, 2.24) is 9.97 Å². The molecule has 0 bridgehead atoms. The van der Waals surface area contributed by atoms with E-state index in [1.54, 1.807) is 6.92 Å². The Hall–Kier alpha value is -1.82. The second-order valence-corrected chi connectivity index (χ2v) is 3.91. The number of aryl methyl sites for hydroxylation is 1. The number of aromatic nitrogens is 2. The highest BCUT2D eigenvalue weighted by molar-refractivity contribution is 6.30. The number of rotatable bonds is 3. The third kappa shape index (κ3) is 2.53. The Morgan fingerprint density at radius 3 is 2.72 bits per heavy atom. The fraction of sp³-hybridized carbons (Fsp3) is 0.364. The molecule has 0 amide bonds. The minimum absolute atomic E-state index is 0.0157. The Kier molecular flexibility index (Phi) is 3.66. The lowest BCUT2D eigenvalue weighted by molar-refractivity contribution is -0.139. The van der Waals surface area contributed by atoms with Crippen LogP contribution in [0.5, 0.6) is 0 Å². The molecule has 96 valence electrons. The molecule has 0 N–H and O–H groups in total. The van der Waals surface area contributed by atoms with Gasteiger partial charge in [0.15, 0.2) is 0 Å². The van der Waals surface area contributed by atoms with Crippen molar-refractivity contribution in [1.29, 1.82) is 0 Å². The van der Waals surface area contributed by atoms with E-state index in [1.807, 2.05) is 0 Å². The Bertz CT molecular complexity index is 496. The lowest BCUT2D eigenvalue weighted by Gasteiger charge is -2.15. The Balaban J connectivity index is 2.38. The first-order chi connectivity index (χ1) is 8.61. The van der Waals surface area contributed by atoms with E-state index in [0.29, 0.717) is 17.1 Å². The van der Waals surface area contributed by atoms with Crippen molar-refractivity contribution in [2.45, 2.75) is 19.6 Å². The van der Waals surface area contributed by atoms with E-state index >= 15 is 0 Å². The van der Waals surface area contributed by atoms with Gasteiger partial charge in [-0.2, -0.15) is 0 Å². The third-order valence-electron chi connectivity index (χ3n) is 2.32. The van der Waals surface area contributed by atoms with Crippen LogP contribution in [0.2, 0.25) is 5.15 Å². The summed E-state index contributed by atoms with van der Waals surface area (Å²) in [6.45, 7) is 1.69. The first kappa shape index (κ1) is 12.6. The molecule has 0 aromatic carbocycles. The average molecular weight is 271 g/mol. The number of halogens is 1. The quantitative estimate of drug-likeness (QED) is 0.615. The molecule has 18 heavy (non-hydrogen) atoms. The second-order valence-electron chi connectivity index (χ2n) is 3.55. The second kappa shape index (κ2) is 5.22. The summed E-state index contributed by atoms with van der Waals surface area (Å²) in [5, 5.41) is 0.204. The molecular weight excluding hydrogens is 260 g/mol. The van der Waals surface area contributed by atoms with Gasteiger partial charge in [0, 0.05) is 0 Å². The predicted molar refractivity (Wildman–Crippen MR) is 61.6 cm³/mol. The number of hydrogen-bond acceptors (Lipinski definition) is 6. The van der Waals surface area contributed by atoms with Gasteiger partial charge in [-0.1, -0.05) is 11.6 Å². The topological polar surface area (TPSA) is 70.5 Å². The van der Waals surface area contributed by atoms with Crippen molar-refractivity contribution in [2.75, 3.05) is 7.11 Å². The molecule has 2 heterocycles. The van der Waals surface area contributed by atoms with Crippen LogP contribution in [0.25, 0.3) is 0 Å². The number of hydrogen-bond donors (Lipinski definition) is 0. The van der Waals surface area contributed by atoms with Gasteiger partial charge < -0.3 is 14.2 Å². The number of ether oxygens (including phenoxy) is 3. The smallest absolute Gasteiger partial charge is 0.311 e. The molecule has 7 heteroatoms. The Labute approximate surface area is 109 Å². The van der Waals surface area contributed by atoms with Crippen molar-refractivity contribution in [3.8, 4) is 0 Å². The van der Waals surface area contributed by atoms with E-state index in [1.165, 1.54) is 19.6 Å². The number of esters is 1. The van der Waals surface area contributed by atoms with Crippen LogP contribution in [0.3, 0.4) is 0 Å². The van der Waals surface area contributed by atoms with E-state index in [4.69, 9.17) is 21.1 Å². The monoisotopic (exact) mass is 270 g/mol. The molecule has 0 saturated carbocycles. The van der Waals surface area contributed by atoms with Crippen molar-refractivity contribution < 1.29 is 19.0 Å². The van der Waals surface area contributed by atoms with Crippen LogP contribution in [-0.4, -0.2) is 23.0 Å². The fourth-order valence-electron chi connectivity index (χ4n) is 1.55. The van der Waals surface area contributed by atoms with Crippen LogP contribution in [0, 0.1) is 6.92 Å². The highest BCUT2D eigenvalue weighted by Crippen LogP contribution is 2.31. The molecule has 1 aliphatic rings. The van der Waals surface area contributed by atoms with E-state index in [2.05, 4.69) is 14.7 Å². The molecule has 6 nitrogen and oxygen atoms in total. The van der Waals surface area contributed by atoms with Gasteiger partial charge in [0.2, 0.25) is 0 Å². The highest BCUT2D eigenvalue weighted by atomic mass is 35.5. The zero-order valence-corrected chi connectivity index (χ0v) is 10.6. The zero-order chi connectivity index (χ0) is 13.1. The lowest BCUT2D eigenvalue weighted by Crippen LogP contribution is -2.14. The minimum atomic E-state index is -0.724. The number of carbonyl (C=O) groups is 1. The van der Waals surface area contributed by atoms with Crippen LogP contribution < -0.4 is 0 Å². The predicted octanol–water partition coefficient (Wildman–Crippen LogP) is 1.67. The van der Waals surface area contributed by atoms with Crippen molar-refractivity contribution in [3.05, 3.63) is 34.8 Å². The van der Waals surface area contributed by atoms with E-state index < -0.39 is 12.3 Å². The normalized spacial score (nSPS) is 14.2.